The van der Waals surface area contributed by atoms with Gasteiger partial charge in [0, 0.05) is 12.3 Å². The minimum atomic E-state index is 0.0498. The van der Waals surface area contributed by atoms with Crippen LogP contribution in [0.5, 0.6) is 0 Å². The molecule has 4 nitrogen and oxygen atoms in total. The zero-order valence-electron chi connectivity index (χ0n) is 10.7. The Morgan fingerprint density at radius 3 is 2.88 bits per heavy atom. The SMILES string of the molecule is CC(CO)c1cnc(CC2CCN(C)CC2)o1. The number of piperidine rings is 1. The topological polar surface area (TPSA) is 49.5 Å². The highest BCUT2D eigenvalue weighted by molar-refractivity contribution is 5.01. The largest absolute Gasteiger partial charge is 0.445 e. The van der Waals surface area contributed by atoms with E-state index in [0.29, 0.717) is 5.92 Å². The van der Waals surface area contributed by atoms with Gasteiger partial charge < -0.3 is 14.4 Å². The molecule has 0 aliphatic carbocycles. The van der Waals surface area contributed by atoms with Crippen molar-refractivity contribution >= 4 is 0 Å². The number of likely N-dealkylation sites (tertiary alicyclic amines) is 1. The van der Waals surface area contributed by atoms with Crippen LogP contribution in [0.2, 0.25) is 0 Å². The molecule has 0 aromatic carbocycles. The van der Waals surface area contributed by atoms with E-state index in [2.05, 4.69) is 16.9 Å². The third-order valence-corrected chi connectivity index (χ3v) is 3.63. The zero-order valence-corrected chi connectivity index (χ0v) is 10.7. The van der Waals surface area contributed by atoms with E-state index < -0.39 is 0 Å². The van der Waals surface area contributed by atoms with Crippen LogP contribution in [-0.4, -0.2) is 41.7 Å². The second-order valence-electron chi connectivity index (χ2n) is 5.19. The van der Waals surface area contributed by atoms with E-state index in [1.165, 1.54) is 25.9 Å². The summed E-state index contributed by atoms with van der Waals surface area (Å²) in [5.74, 6) is 2.38. The summed E-state index contributed by atoms with van der Waals surface area (Å²) in [6.45, 7) is 4.40. The summed E-state index contributed by atoms with van der Waals surface area (Å²) < 4.78 is 5.68. The number of oxazole rings is 1. The van der Waals surface area contributed by atoms with Crippen molar-refractivity contribution in [1.82, 2.24) is 9.88 Å². The van der Waals surface area contributed by atoms with Gasteiger partial charge in [-0.05, 0) is 38.9 Å². The van der Waals surface area contributed by atoms with E-state index in [9.17, 15) is 0 Å². The van der Waals surface area contributed by atoms with E-state index >= 15 is 0 Å². The van der Waals surface area contributed by atoms with Crippen LogP contribution < -0.4 is 0 Å². The predicted molar refractivity (Wildman–Crippen MR) is 65.9 cm³/mol. The molecule has 0 saturated carbocycles. The lowest BCUT2D eigenvalue weighted by molar-refractivity contribution is 0.209. The third-order valence-electron chi connectivity index (χ3n) is 3.63. The Morgan fingerprint density at radius 2 is 2.24 bits per heavy atom. The van der Waals surface area contributed by atoms with Crippen LogP contribution in [0, 0.1) is 5.92 Å². The van der Waals surface area contributed by atoms with Crippen molar-refractivity contribution in [2.45, 2.75) is 32.1 Å². The van der Waals surface area contributed by atoms with Crippen molar-refractivity contribution in [3.63, 3.8) is 0 Å². The number of rotatable bonds is 4. The maximum absolute atomic E-state index is 9.05. The molecular weight excluding hydrogens is 216 g/mol. The summed E-state index contributed by atoms with van der Waals surface area (Å²) in [4.78, 5) is 6.67. The van der Waals surface area contributed by atoms with Gasteiger partial charge in [0.05, 0.1) is 12.8 Å². The average Bonchev–Trinajstić information content (AvgIpc) is 2.80. The Balaban J connectivity index is 1.88. The molecule has 0 bridgehead atoms. The Morgan fingerprint density at radius 1 is 1.53 bits per heavy atom. The van der Waals surface area contributed by atoms with Crippen molar-refractivity contribution < 1.29 is 9.52 Å². The third kappa shape index (κ3) is 3.30. The lowest BCUT2D eigenvalue weighted by Crippen LogP contribution is -2.30. The highest BCUT2D eigenvalue weighted by Crippen LogP contribution is 2.22. The Bertz CT molecular complexity index is 343. The monoisotopic (exact) mass is 238 g/mol. The summed E-state index contributed by atoms with van der Waals surface area (Å²) >= 11 is 0. The lowest BCUT2D eigenvalue weighted by atomic mass is 9.94. The molecule has 0 spiro atoms. The van der Waals surface area contributed by atoms with E-state index in [0.717, 1.165) is 18.1 Å². The van der Waals surface area contributed by atoms with Crippen LogP contribution in [0.3, 0.4) is 0 Å². The quantitative estimate of drug-likeness (QED) is 0.866. The van der Waals surface area contributed by atoms with Crippen LogP contribution in [-0.2, 0) is 6.42 Å². The Hall–Kier alpha value is -0.870. The molecule has 96 valence electrons. The molecule has 1 aromatic rings. The summed E-state index contributed by atoms with van der Waals surface area (Å²) in [5, 5.41) is 9.05. The predicted octanol–water partition coefficient (Wildman–Crippen LogP) is 1.65. The highest BCUT2D eigenvalue weighted by atomic mass is 16.4. The van der Waals surface area contributed by atoms with Gasteiger partial charge in [0.2, 0.25) is 0 Å². The summed E-state index contributed by atoms with van der Waals surface area (Å²) in [6, 6.07) is 0. The van der Waals surface area contributed by atoms with Crippen molar-refractivity contribution in [1.29, 1.82) is 0 Å². The van der Waals surface area contributed by atoms with Gasteiger partial charge in [0.1, 0.15) is 5.76 Å². The fourth-order valence-electron chi connectivity index (χ4n) is 2.25. The van der Waals surface area contributed by atoms with Crippen molar-refractivity contribution in [2.75, 3.05) is 26.7 Å². The Kier molecular flexibility index (Phi) is 4.18. The van der Waals surface area contributed by atoms with E-state index in [1.54, 1.807) is 6.20 Å². The minimum absolute atomic E-state index is 0.0498. The molecule has 1 saturated heterocycles. The molecule has 17 heavy (non-hydrogen) atoms. The standard InChI is InChI=1S/C13H22N2O2/c1-10(9-16)12-8-14-13(17-12)7-11-3-5-15(2)6-4-11/h8,10-11,16H,3-7,9H2,1-2H3. The first-order chi connectivity index (χ1) is 8.19. The van der Waals surface area contributed by atoms with Crippen molar-refractivity contribution in [2.24, 2.45) is 5.92 Å². The molecule has 1 N–H and O–H groups in total. The summed E-state index contributed by atoms with van der Waals surface area (Å²) in [5.41, 5.74) is 0. The van der Waals surface area contributed by atoms with Crippen molar-refractivity contribution in [3.8, 4) is 0 Å². The van der Waals surface area contributed by atoms with Crippen LogP contribution in [0.1, 0.15) is 37.3 Å². The van der Waals surface area contributed by atoms with Crippen LogP contribution >= 0.6 is 0 Å². The number of hydrogen-bond acceptors (Lipinski definition) is 4. The van der Waals surface area contributed by atoms with Crippen LogP contribution in [0.4, 0.5) is 0 Å². The molecular formula is C13H22N2O2. The van der Waals surface area contributed by atoms with Gasteiger partial charge in [-0.25, -0.2) is 4.98 Å². The molecule has 0 radical (unpaired) electrons. The molecule has 1 unspecified atom stereocenters. The molecule has 1 aliphatic heterocycles. The molecule has 1 atom stereocenters. The maximum atomic E-state index is 9.05. The summed E-state index contributed by atoms with van der Waals surface area (Å²) in [6.07, 6.45) is 5.14. The number of aliphatic hydroxyl groups is 1. The van der Waals surface area contributed by atoms with Gasteiger partial charge >= 0.3 is 0 Å². The number of hydrogen-bond donors (Lipinski definition) is 1. The van der Waals surface area contributed by atoms with Crippen molar-refractivity contribution in [3.05, 3.63) is 17.8 Å². The minimum Gasteiger partial charge on any atom is -0.445 e. The number of nitrogens with zero attached hydrogens (tertiary/aromatic N) is 2. The fourth-order valence-corrected chi connectivity index (χ4v) is 2.25. The molecule has 4 heteroatoms. The molecule has 2 rings (SSSR count). The second-order valence-corrected chi connectivity index (χ2v) is 5.19. The van der Waals surface area contributed by atoms with Crippen LogP contribution in [0.15, 0.2) is 10.6 Å². The Labute approximate surface area is 103 Å². The first-order valence-corrected chi connectivity index (χ1v) is 6.43. The first-order valence-electron chi connectivity index (χ1n) is 6.43. The van der Waals surface area contributed by atoms with Gasteiger partial charge in [-0.2, -0.15) is 0 Å². The normalized spacial score (nSPS) is 20.6. The maximum Gasteiger partial charge on any atom is 0.194 e. The van der Waals surface area contributed by atoms with E-state index in [4.69, 9.17) is 9.52 Å². The summed E-state index contributed by atoms with van der Waals surface area (Å²) in [7, 11) is 2.17. The first kappa shape index (κ1) is 12.6. The number of aromatic nitrogens is 1. The molecule has 1 aliphatic rings. The fraction of sp³-hybridized carbons (Fsp3) is 0.769. The van der Waals surface area contributed by atoms with E-state index in [-0.39, 0.29) is 12.5 Å². The molecule has 1 fully saturated rings. The van der Waals surface area contributed by atoms with E-state index in [1.807, 2.05) is 6.92 Å². The second kappa shape index (κ2) is 5.65. The highest BCUT2D eigenvalue weighted by Gasteiger charge is 2.19. The smallest absolute Gasteiger partial charge is 0.194 e. The van der Waals surface area contributed by atoms with Gasteiger partial charge in [-0.15, -0.1) is 0 Å². The molecule has 1 aromatic heterocycles. The van der Waals surface area contributed by atoms with Gasteiger partial charge in [-0.3, -0.25) is 0 Å². The zero-order chi connectivity index (χ0) is 12.3. The van der Waals surface area contributed by atoms with Gasteiger partial charge in [0.15, 0.2) is 5.89 Å². The number of aliphatic hydroxyl groups excluding tert-OH is 1. The molecule has 2 heterocycles. The van der Waals surface area contributed by atoms with Gasteiger partial charge in [0.25, 0.3) is 0 Å². The lowest BCUT2D eigenvalue weighted by Gasteiger charge is -2.28. The van der Waals surface area contributed by atoms with Gasteiger partial charge in [-0.1, -0.05) is 6.92 Å². The average molecular weight is 238 g/mol. The molecule has 0 amide bonds. The van der Waals surface area contributed by atoms with Crippen LogP contribution in [0.25, 0.3) is 0 Å².